The van der Waals surface area contributed by atoms with Gasteiger partial charge >= 0.3 is 0 Å². The summed E-state index contributed by atoms with van der Waals surface area (Å²) in [5.74, 6) is -3.02. The van der Waals surface area contributed by atoms with Crippen molar-refractivity contribution in [2.45, 2.75) is 51.0 Å². The summed E-state index contributed by atoms with van der Waals surface area (Å²) < 4.78 is 27.5. The van der Waals surface area contributed by atoms with Crippen LogP contribution in [0.4, 0.5) is 8.78 Å². The average molecular weight is 315 g/mol. The second kappa shape index (κ2) is 6.30. The van der Waals surface area contributed by atoms with E-state index >= 15 is 0 Å². The highest BCUT2D eigenvalue weighted by atomic mass is 35.5. The van der Waals surface area contributed by atoms with Crippen molar-refractivity contribution in [2.75, 3.05) is 7.05 Å². The molecule has 1 aliphatic carbocycles. The van der Waals surface area contributed by atoms with E-state index in [1.165, 1.54) is 31.5 Å². The maximum Gasteiger partial charge on any atom is 0.287 e. The van der Waals surface area contributed by atoms with Gasteiger partial charge in [0.25, 0.3) is 5.92 Å². The molecule has 0 unspecified atom stereocenters. The van der Waals surface area contributed by atoms with Crippen molar-refractivity contribution in [3.8, 4) is 0 Å². The zero-order valence-electron chi connectivity index (χ0n) is 12.5. The summed E-state index contributed by atoms with van der Waals surface area (Å²) in [5.41, 5.74) is 0.635. The first kappa shape index (κ1) is 16.2. The van der Waals surface area contributed by atoms with Crippen LogP contribution in [0.5, 0.6) is 0 Å². The van der Waals surface area contributed by atoms with Crippen molar-refractivity contribution in [2.24, 2.45) is 0 Å². The summed E-state index contributed by atoms with van der Waals surface area (Å²) >= 11 is 5.93. The van der Waals surface area contributed by atoms with Crippen LogP contribution in [-0.2, 0) is 5.92 Å². The molecule has 0 saturated heterocycles. The quantitative estimate of drug-likeness (QED) is 0.770. The van der Waals surface area contributed by atoms with Crippen LogP contribution in [0.1, 0.15) is 50.3 Å². The molecule has 1 aliphatic rings. The van der Waals surface area contributed by atoms with E-state index in [-0.39, 0.29) is 5.69 Å². The molecule has 0 spiro atoms. The van der Waals surface area contributed by atoms with E-state index in [0.717, 1.165) is 19.8 Å². The number of halogens is 3. The van der Waals surface area contributed by atoms with Gasteiger partial charge in [0.2, 0.25) is 0 Å². The first-order valence-corrected chi connectivity index (χ1v) is 7.64. The number of pyridine rings is 1. The molecule has 0 aliphatic heterocycles. The topological polar surface area (TPSA) is 16.1 Å². The fraction of sp³-hybridized carbons (Fsp3) is 0.562. The zero-order chi connectivity index (χ0) is 15.6. The minimum Gasteiger partial charge on any atom is -0.372 e. The lowest BCUT2D eigenvalue weighted by Crippen LogP contribution is -2.32. The van der Waals surface area contributed by atoms with E-state index < -0.39 is 5.92 Å². The van der Waals surface area contributed by atoms with Crippen molar-refractivity contribution in [3.05, 3.63) is 35.1 Å². The van der Waals surface area contributed by atoms with Gasteiger partial charge < -0.3 is 4.90 Å². The predicted molar refractivity (Wildman–Crippen MR) is 82.5 cm³/mol. The van der Waals surface area contributed by atoms with Crippen LogP contribution in [-0.4, -0.2) is 23.0 Å². The van der Waals surface area contributed by atoms with E-state index in [1.807, 2.05) is 11.9 Å². The number of rotatable bonds is 4. The third kappa shape index (κ3) is 3.73. The summed E-state index contributed by atoms with van der Waals surface area (Å²) in [6.07, 6.45) is 6.99. The SMILES string of the molecule is C=C(c1cc(Cl)cnc1C(C)(F)F)N(C)C1CCCCC1. The molecule has 1 saturated carbocycles. The summed E-state index contributed by atoms with van der Waals surface area (Å²) in [6, 6.07) is 1.88. The Morgan fingerprint density at radius 2 is 2.00 bits per heavy atom. The molecule has 0 atom stereocenters. The smallest absolute Gasteiger partial charge is 0.287 e. The maximum atomic E-state index is 13.7. The van der Waals surface area contributed by atoms with Gasteiger partial charge in [-0.15, -0.1) is 0 Å². The van der Waals surface area contributed by atoms with E-state index in [4.69, 9.17) is 11.6 Å². The van der Waals surface area contributed by atoms with Crippen LogP contribution >= 0.6 is 11.6 Å². The van der Waals surface area contributed by atoms with E-state index in [2.05, 4.69) is 11.6 Å². The molecular weight excluding hydrogens is 294 g/mol. The van der Waals surface area contributed by atoms with Gasteiger partial charge in [-0.1, -0.05) is 37.4 Å². The van der Waals surface area contributed by atoms with Gasteiger partial charge in [-0.3, -0.25) is 4.98 Å². The van der Waals surface area contributed by atoms with Gasteiger partial charge in [0.05, 0.1) is 5.02 Å². The van der Waals surface area contributed by atoms with Crippen LogP contribution in [0, 0.1) is 0 Å². The van der Waals surface area contributed by atoms with Crippen molar-refractivity contribution in [1.29, 1.82) is 0 Å². The Hall–Kier alpha value is -1.16. The third-order valence-corrected chi connectivity index (χ3v) is 4.34. The van der Waals surface area contributed by atoms with Crippen LogP contribution in [0.25, 0.3) is 5.70 Å². The second-order valence-corrected chi connectivity index (χ2v) is 6.22. The first-order valence-electron chi connectivity index (χ1n) is 7.26. The Bertz CT molecular complexity index is 519. The van der Waals surface area contributed by atoms with Crippen molar-refractivity contribution < 1.29 is 8.78 Å². The summed E-state index contributed by atoms with van der Waals surface area (Å²) in [6.45, 7) is 4.86. The highest BCUT2D eigenvalue weighted by Gasteiger charge is 2.32. The standard InChI is InChI=1S/C16H21ClF2N2/c1-11(21(3)13-7-5-4-6-8-13)14-9-12(17)10-20-15(14)16(2,18)19/h9-10,13H,1,4-8H2,2-3H3. The molecule has 0 N–H and O–H groups in total. The summed E-state index contributed by atoms with van der Waals surface area (Å²) in [5, 5.41) is 0.344. The number of aromatic nitrogens is 1. The Kier molecular flexibility index (Phi) is 4.87. The molecule has 0 amide bonds. The number of hydrogen-bond acceptors (Lipinski definition) is 2. The molecule has 1 aromatic rings. The van der Waals surface area contributed by atoms with Crippen LogP contribution < -0.4 is 0 Å². The zero-order valence-corrected chi connectivity index (χ0v) is 13.3. The lowest BCUT2D eigenvalue weighted by Gasteiger charge is -2.35. The van der Waals surface area contributed by atoms with Crippen LogP contribution in [0.3, 0.4) is 0 Å². The molecule has 0 radical (unpaired) electrons. The van der Waals surface area contributed by atoms with E-state index in [1.54, 1.807) is 0 Å². The van der Waals surface area contributed by atoms with Gasteiger partial charge in [0.15, 0.2) is 0 Å². The number of alkyl halides is 2. The Balaban J connectivity index is 2.31. The Morgan fingerprint density at radius 1 is 1.38 bits per heavy atom. The molecule has 116 valence electrons. The normalized spacial score (nSPS) is 16.8. The van der Waals surface area contributed by atoms with Crippen LogP contribution in [0.2, 0.25) is 5.02 Å². The molecule has 1 fully saturated rings. The lowest BCUT2D eigenvalue weighted by molar-refractivity contribution is 0.0123. The predicted octanol–water partition coefficient (Wildman–Crippen LogP) is 5.08. The molecular formula is C16H21ClF2N2. The second-order valence-electron chi connectivity index (χ2n) is 5.79. The van der Waals surface area contributed by atoms with Crippen molar-refractivity contribution in [3.63, 3.8) is 0 Å². The Morgan fingerprint density at radius 3 is 2.57 bits per heavy atom. The molecule has 0 aromatic carbocycles. The molecule has 2 rings (SSSR count). The first-order chi connectivity index (χ1) is 9.80. The summed E-state index contributed by atoms with van der Waals surface area (Å²) in [4.78, 5) is 5.83. The third-order valence-electron chi connectivity index (χ3n) is 4.13. The van der Waals surface area contributed by atoms with Gasteiger partial charge in [-0.25, -0.2) is 0 Å². The maximum absolute atomic E-state index is 13.7. The van der Waals surface area contributed by atoms with E-state index in [9.17, 15) is 8.78 Å². The molecule has 1 aromatic heterocycles. The minimum absolute atomic E-state index is 0.264. The van der Waals surface area contributed by atoms with E-state index in [0.29, 0.717) is 22.3 Å². The van der Waals surface area contributed by atoms with Crippen LogP contribution in [0.15, 0.2) is 18.8 Å². The van der Waals surface area contributed by atoms with Crippen molar-refractivity contribution in [1.82, 2.24) is 9.88 Å². The Labute approximate surface area is 129 Å². The highest BCUT2D eigenvalue weighted by molar-refractivity contribution is 6.30. The monoisotopic (exact) mass is 314 g/mol. The molecule has 0 bridgehead atoms. The van der Waals surface area contributed by atoms with Crippen molar-refractivity contribution >= 4 is 17.3 Å². The minimum atomic E-state index is -3.02. The fourth-order valence-electron chi connectivity index (χ4n) is 2.89. The van der Waals surface area contributed by atoms with Gasteiger partial charge in [-0.05, 0) is 18.9 Å². The lowest BCUT2D eigenvalue weighted by atomic mass is 9.93. The fourth-order valence-corrected chi connectivity index (χ4v) is 3.05. The van der Waals surface area contributed by atoms with Gasteiger partial charge in [0.1, 0.15) is 5.69 Å². The molecule has 5 heteroatoms. The summed E-state index contributed by atoms with van der Waals surface area (Å²) in [7, 11) is 1.91. The largest absolute Gasteiger partial charge is 0.372 e. The number of nitrogens with zero attached hydrogens (tertiary/aromatic N) is 2. The molecule has 21 heavy (non-hydrogen) atoms. The van der Waals surface area contributed by atoms with Gasteiger partial charge in [0, 0.05) is 37.5 Å². The molecule has 1 heterocycles. The highest BCUT2D eigenvalue weighted by Crippen LogP contribution is 2.35. The molecule has 2 nitrogen and oxygen atoms in total. The number of hydrogen-bond donors (Lipinski definition) is 0. The van der Waals surface area contributed by atoms with Gasteiger partial charge in [-0.2, -0.15) is 8.78 Å². The average Bonchev–Trinajstić information content (AvgIpc) is 2.45.